The van der Waals surface area contributed by atoms with E-state index in [0.717, 1.165) is 16.0 Å². The summed E-state index contributed by atoms with van der Waals surface area (Å²) in [5.74, 6) is 0. The van der Waals surface area contributed by atoms with Crippen molar-refractivity contribution in [3.8, 4) is 10.6 Å². The van der Waals surface area contributed by atoms with Gasteiger partial charge in [0.1, 0.15) is 16.7 Å². The molecule has 3 aromatic rings. The minimum Gasteiger partial charge on any atom is -0.465 e. The lowest BCUT2D eigenvalue weighted by atomic mass is 10.2. The zero-order chi connectivity index (χ0) is 16.8. The lowest BCUT2D eigenvalue weighted by Gasteiger charge is -2.16. The summed E-state index contributed by atoms with van der Waals surface area (Å²) in [5.41, 5.74) is 1.84. The second kappa shape index (κ2) is 7.67. The Kier molecular flexibility index (Phi) is 5.15. The fraction of sp³-hybridized carbons (Fsp3) is 0.118. The van der Waals surface area contributed by atoms with Crippen LogP contribution in [0.15, 0.2) is 61.1 Å². The maximum absolute atomic E-state index is 11.5. The molecule has 0 saturated carbocycles. The number of carbonyl (C=O) groups is 1. The SMILES string of the molecule is O=C(O)N(COCc1ccccc1)c1cnc(-c2cccnc2)s1. The Hall–Kier alpha value is -2.77. The molecule has 0 unspecified atom stereocenters. The second-order valence-corrected chi connectivity index (χ2v) is 5.93. The third kappa shape index (κ3) is 3.95. The number of hydrogen-bond acceptors (Lipinski definition) is 5. The van der Waals surface area contributed by atoms with Crippen LogP contribution in [0.25, 0.3) is 10.6 Å². The largest absolute Gasteiger partial charge is 0.465 e. The van der Waals surface area contributed by atoms with Crippen molar-refractivity contribution in [3.05, 3.63) is 66.6 Å². The van der Waals surface area contributed by atoms with E-state index < -0.39 is 6.09 Å². The zero-order valence-corrected chi connectivity index (χ0v) is 13.5. The molecule has 0 aliphatic rings. The maximum atomic E-state index is 11.5. The zero-order valence-electron chi connectivity index (χ0n) is 12.7. The van der Waals surface area contributed by atoms with Gasteiger partial charge in [-0.25, -0.2) is 14.7 Å². The molecular weight excluding hydrogens is 326 g/mol. The molecule has 1 N–H and O–H groups in total. The predicted molar refractivity (Wildman–Crippen MR) is 91.9 cm³/mol. The van der Waals surface area contributed by atoms with Gasteiger partial charge in [0.25, 0.3) is 0 Å². The molecular formula is C17H15N3O3S. The van der Waals surface area contributed by atoms with Crippen molar-refractivity contribution < 1.29 is 14.6 Å². The van der Waals surface area contributed by atoms with Crippen molar-refractivity contribution in [1.82, 2.24) is 9.97 Å². The van der Waals surface area contributed by atoms with E-state index in [1.165, 1.54) is 17.5 Å². The topological polar surface area (TPSA) is 75.5 Å². The standard InChI is InChI=1S/C17H15N3O3S/c21-17(22)20(12-23-11-13-5-2-1-3-6-13)15-10-19-16(24-15)14-7-4-8-18-9-14/h1-10H,11-12H2,(H,21,22). The van der Waals surface area contributed by atoms with Crippen LogP contribution in [-0.2, 0) is 11.3 Å². The molecule has 24 heavy (non-hydrogen) atoms. The van der Waals surface area contributed by atoms with Crippen LogP contribution in [0.5, 0.6) is 0 Å². The van der Waals surface area contributed by atoms with Crippen molar-refractivity contribution >= 4 is 22.4 Å². The molecule has 0 radical (unpaired) electrons. The van der Waals surface area contributed by atoms with Crippen LogP contribution in [0, 0.1) is 0 Å². The fourth-order valence-electron chi connectivity index (χ4n) is 2.06. The van der Waals surface area contributed by atoms with Crippen LogP contribution >= 0.6 is 11.3 Å². The summed E-state index contributed by atoms with van der Waals surface area (Å²) >= 11 is 1.28. The number of anilines is 1. The van der Waals surface area contributed by atoms with Gasteiger partial charge in [-0.05, 0) is 17.7 Å². The van der Waals surface area contributed by atoms with Crippen molar-refractivity contribution in [2.45, 2.75) is 6.61 Å². The van der Waals surface area contributed by atoms with Crippen LogP contribution in [-0.4, -0.2) is 27.9 Å². The summed E-state index contributed by atoms with van der Waals surface area (Å²) in [4.78, 5) is 21.0. The van der Waals surface area contributed by atoms with Gasteiger partial charge in [-0.15, -0.1) is 0 Å². The van der Waals surface area contributed by atoms with E-state index in [0.29, 0.717) is 16.6 Å². The van der Waals surface area contributed by atoms with Gasteiger partial charge in [0, 0.05) is 18.0 Å². The molecule has 0 fully saturated rings. The van der Waals surface area contributed by atoms with Gasteiger partial charge in [0.05, 0.1) is 12.8 Å². The summed E-state index contributed by atoms with van der Waals surface area (Å²) in [6, 6.07) is 13.3. The van der Waals surface area contributed by atoms with E-state index in [1.807, 2.05) is 42.5 Å². The molecule has 0 spiro atoms. The Morgan fingerprint density at radius 1 is 1.17 bits per heavy atom. The molecule has 1 aromatic carbocycles. The molecule has 3 rings (SSSR count). The van der Waals surface area contributed by atoms with Crippen molar-refractivity contribution in [1.29, 1.82) is 0 Å². The van der Waals surface area contributed by atoms with Gasteiger partial charge in [-0.2, -0.15) is 0 Å². The third-order valence-corrected chi connectivity index (χ3v) is 4.30. The molecule has 7 heteroatoms. The predicted octanol–water partition coefficient (Wildman–Crippen LogP) is 3.86. The van der Waals surface area contributed by atoms with E-state index in [-0.39, 0.29) is 6.73 Å². The Morgan fingerprint density at radius 2 is 2.00 bits per heavy atom. The highest BCUT2D eigenvalue weighted by Crippen LogP contribution is 2.30. The summed E-state index contributed by atoms with van der Waals surface area (Å²) in [6.45, 7) is 0.289. The number of hydrogen-bond donors (Lipinski definition) is 1. The Labute approximate surface area is 143 Å². The molecule has 122 valence electrons. The highest BCUT2D eigenvalue weighted by atomic mass is 32.1. The number of thiazole rings is 1. The smallest absolute Gasteiger partial charge is 0.414 e. The van der Waals surface area contributed by atoms with Gasteiger partial charge in [0.2, 0.25) is 0 Å². The first-order chi connectivity index (χ1) is 11.7. The number of nitrogens with zero attached hydrogens (tertiary/aromatic N) is 3. The van der Waals surface area contributed by atoms with Gasteiger partial charge in [-0.1, -0.05) is 41.7 Å². The van der Waals surface area contributed by atoms with E-state index in [4.69, 9.17) is 4.74 Å². The van der Waals surface area contributed by atoms with Gasteiger partial charge in [-0.3, -0.25) is 4.98 Å². The van der Waals surface area contributed by atoms with E-state index in [1.54, 1.807) is 12.4 Å². The number of aromatic nitrogens is 2. The number of rotatable bonds is 6. The summed E-state index contributed by atoms with van der Waals surface area (Å²) in [6.07, 6.45) is 3.83. The Balaban J connectivity index is 1.67. The van der Waals surface area contributed by atoms with E-state index >= 15 is 0 Å². The molecule has 2 aromatic heterocycles. The number of amides is 1. The number of carboxylic acid groups (broad SMARTS) is 1. The van der Waals surface area contributed by atoms with Crippen LogP contribution in [0.3, 0.4) is 0 Å². The molecule has 0 aliphatic carbocycles. The molecule has 0 aliphatic heterocycles. The Morgan fingerprint density at radius 3 is 2.71 bits per heavy atom. The van der Waals surface area contributed by atoms with Crippen LogP contribution in [0.2, 0.25) is 0 Å². The van der Waals surface area contributed by atoms with Crippen LogP contribution in [0.4, 0.5) is 9.80 Å². The quantitative estimate of drug-likeness (QED) is 0.689. The number of benzene rings is 1. The lowest BCUT2D eigenvalue weighted by molar-refractivity contribution is 0.116. The van der Waals surface area contributed by atoms with Crippen LogP contribution < -0.4 is 4.90 Å². The average Bonchev–Trinajstić information content (AvgIpc) is 3.10. The molecule has 1 amide bonds. The van der Waals surface area contributed by atoms with E-state index in [9.17, 15) is 9.90 Å². The van der Waals surface area contributed by atoms with Gasteiger partial charge < -0.3 is 9.84 Å². The second-order valence-electron chi connectivity index (χ2n) is 4.92. The third-order valence-electron chi connectivity index (χ3n) is 3.23. The van der Waals surface area contributed by atoms with Gasteiger partial charge in [0.15, 0.2) is 0 Å². The minimum absolute atomic E-state index is 0.0566. The molecule has 0 saturated heterocycles. The average molecular weight is 341 g/mol. The lowest BCUT2D eigenvalue weighted by Crippen LogP contribution is -2.30. The first-order valence-electron chi connectivity index (χ1n) is 7.22. The summed E-state index contributed by atoms with van der Waals surface area (Å²) in [7, 11) is 0. The first kappa shape index (κ1) is 16.1. The highest BCUT2D eigenvalue weighted by molar-refractivity contribution is 7.19. The van der Waals surface area contributed by atoms with Crippen LogP contribution in [0.1, 0.15) is 5.56 Å². The van der Waals surface area contributed by atoms with E-state index in [2.05, 4.69) is 9.97 Å². The molecule has 6 nitrogen and oxygen atoms in total. The number of pyridine rings is 1. The highest BCUT2D eigenvalue weighted by Gasteiger charge is 2.18. The molecule has 2 heterocycles. The van der Waals surface area contributed by atoms with Crippen molar-refractivity contribution in [3.63, 3.8) is 0 Å². The monoisotopic (exact) mass is 341 g/mol. The fourth-order valence-corrected chi connectivity index (χ4v) is 2.94. The van der Waals surface area contributed by atoms with Crippen molar-refractivity contribution in [2.75, 3.05) is 11.6 Å². The Bertz CT molecular complexity index is 793. The molecule has 0 bridgehead atoms. The summed E-state index contributed by atoms with van der Waals surface area (Å²) < 4.78 is 5.52. The first-order valence-corrected chi connectivity index (χ1v) is 8.04. The van der Waals surface area contributed by atoms with Gasteiger partial charge >= 0.3 is 6.09 Å². The minimum atomic E-state index is -1.08. The normalized spacial score (nSPS) is 10.5. The molecule has 0 atom stereocenters. The maximum Gasteiger partial charge on any atom is 0.414 e. The number of ether oxygens (including phenoxy) is 1. The summed E-state index contributed by atoms with van der Waals surface area (Å²) in [5, 5.41) is 10.6. The van der Waals surface area contributed by atoms with Crippen molar-refractivity contribution in [2.24, 2.45) is 0 Å².